The van der Waals surface area contributed by atoms with Gasteiger partial charge in [0.1, 0.15) is 0 Å². The van der Waals surface area contributed by atoms with Crippen LogP contribution < -0.4 is 0 Å². The van der Waals surface area contributed by atoms with Crippen molar-refractivity contribution in [2.75, 3.05) is 7.11 Å². The third-order valence-corrected chi connectivity index (χ3v) is 1.84. The Bertz CT molecular complexity index is 271. The van der Waals surface area contributed by atoms with Gasteiger partial charge in [0, 0.05) is 13.5 Å². The monoisotopic (exact) mass is 180 g/mol. The molecule has 1 N–H and O–H groups in total. The molecule has 0 fully saturated rings. The maximum atomic E-state index is 10.5. The second kappa shape index (κ2) is 4.16. The molecule has 0 aliphatic heterocycles. The molecule has 0 aliphatic carbocycles. The smallest absolute Gasteiger partial charge is 0.227 e. The van der Waals surface area contributed by atoms with E-state index in [1.54, 1.807) is 0 Å². The summed E-state index contributed by atoms with van der Waals surface area (Å²) >= 11 is 0. The zero-order valence-corrected chi connectivity index (χ0v) is 7.43. The predicted molar refractivity (Wildman–Crippen MR) is 48.2 cm³/mol. The van der Waals surface area contributed by atoms with E-state index in [-0.39, 0.29) is 6.42 Å². The SMILES string of the molecule is COC(O)(C=O)Cc1ccccc1. The molecule has 0 heterocycles. The summed E-state index contributed by atoms with van der Waals surface area (Å²) in [6, 6.07) is 9.21. The molecule has 13 heavy (non-hydrogen) atoms. The number of carbonyl (C=O) groups excluding carboxylic acids is 1. The van der Waals surface area contributed by atoms with Gasteiger partial charge in [-0.25, -0.2) is 0 Å². The lowest BCUT2D eigenvalue weighted by atomic mass is 10.1. The minimum atomic E-state index is -1.69. The van der Waals surface area contributed by atoms with Gasteiger partial charge in [-0.05, 0) is 5.56 Å². The van der Waals surface area contributed by atoms with Crippen LogP contribution in [0.5, 0.6) is 0 Å². The maximum absolute atomic E-state index is 10.5. The summed E-state index contributed by atoms with van der Waals surface area (Å²) in [5.74, 6) is -1.69. The molecular formula is C10H12O3. The highest BCUT2D eigenvalue weighted by Gasteiger charge is 2.25. The normalized spacial score (nSPS) is 14.9. The Labute approximate surface area is 77.0 Å². The molecule has 1 unspecified atom stereocenters. The first-order valence-corrected chi connectivity index (χ1v) is 3.98. The van der Waals surface area contributed by atoms with Gasteiger partial charge in [0.2, 0.25) is 5.79 Å². The summed E-state index contributed by atoms with van der Waals surface area (Å²) < 4.78 is 4.68. The van der Waals surface area contributed by atoms with Crippen molar-refractivity contribution in [2.45, 2.75) is 12.2 Å². The zero-order valence-electron chi connectivity index (χ0n) is 7.43. The molecule has 0 spiro atoms. The highest BCUT2D eigenvalue weighted by molar-refractivity contribution is 5.60. The van der Waals surface area contributed by atoms with Gasteiger partial charge in [0.25, 0.3) is 0 Å². The van der Waals surface area contributed by atoms with Crippen molar-refractivity contribution < 1.29 is 14.6 Å². The van der Waals surface area contributed by atoms with E-state index in [1.807, 2.05) is 30.3 Å². The Morgan fingerprint density at radius 2 is 2.08 bits per heavy atom. The van der Waals surface area contributed by atoms with Crippen LogP contribution in [0.2, 0.25) is 0 Å². The zero-order chi connectivity index (χ0) is 9.73. The fourth-order valence-electron chi connectivity index (χ4n) is 1.05. The first kappa shape index (κ1) is 9.89. The van der Waals surface area contributed by atoms with E-state index in [1.165, 1.54) is 7.11 Å². The van der Waals surface area contributed by atoms with Crippen LogP contribution in [-0.4, -0.2) is 24.3 Å². The highest BCUT2D eigenvalue weighted by Crippen LogP contribution is 2.11. The molecular weight excluding hydrogens is 168 g/mol. The van der Waals surface area contributed by atoms with Gasteiger partial charge >= 0.3 is 0 Å². The lowest BCUT2D eigenvalue weighted by molar-refractivity contribution is -0.181. The fraction of sp³-hybridized carbons (Fsp3) is 0.300. The van der Waals surface area contributed by atoms with E-state index in [4.69, 9.17) is 0 Å². The Kier molecular flexibility index (Phi) is 3.17. The van der Waals surface area contributed by atoms with Crippen molar-refractivity contribution in [3.05, 3.63) is 35.9 Å². The fourth-order valence-corrected chi connectivity index (χ4v) is 1.05. The third-order valence-electron chi connectivity index (χ3n) is 1.84. The maximum Gasteiger partial charge on any atom is 0.227 e. The summed E-state index contributed by atoms with van der Waals surface area (Å²) in [5.41, 5.74) is 0.860. The van der Waals surface area contributed by atoms with Gasteiger partial charge in [-0.15, -0.1) is 0 Å². The van der Waals surface area contributed by atoms with Crippen molar-refractivity contribution in [3.8, 4) is 0 Å². The van der Waals surface area contributed by atoms with E-state index < -0.39 is 5.79 Å². The van der Waals surface area contributed by atoms with Crippen molar-refractivity contribution in [3.63, 3.8) is 0 Å². The molecule has 70 valence electrons. The number of hydrogen-bond donors (Lipinski definition) is 1. The minimum Gasteiger partial charge on any atom is -0.360 e. The van der Waals surface area contributed by atoms with Crippen LogP contribution in [0.15, 0.2) is 30.3 Å². The van der Waals surface area contributed by atoms with Crippen molar-refractivity contribution in [2.24, 2.45) is 0 Å². The summed E-state index contributed by atoms with van der Waals surface area (Å²) in [7, 11) is 1.30. The number of hydrogen-bond acceptors (Lipinski definition) is 3. The largest absolute Gasteiger partial charge is 0.360 e. The Morgan fingerprint density at radius 1 is 1.46 bits per heavy atom. The molecule has 0 aliphatic rings. The molecule has 0 radical (unpaired) electrons. The Morgan fingerprint density at radius 3 is 2.54 bits per heavy atom. The van der Waals surface area contributed by atoms with Gasteiger partial charge in [-0.2, -0.15) is 0 Å². The third kappa shape index (κ3) is 2.65. The first-order chi connectivity index (χ1) is 6.20. The summed E-state index contributed by atoms with van der Waals surface area (Å²) in [6.07, 6.45) is 0.577. The molecule has 1 rings (SSSR count). The number of carbonyl (C=O) groups is 1. The molecule has 3 heteroatoms. The lowest BCUT2D eigenvalue weighted by Crippen LogP contribution is -2.35. The van der Waals surface area contributed by atoms with E-state index in [9.17, 15) is 9.90 Å². The minimum absolute atomic E-state index is 0.174. The highest BCUT2D eigenvalue weighted by atomic mass is 16.6. The molecule has 0 bridgehead atoms. The number of aliphatic hydroxyl groups is 1. The summed E-state index contributed by atoms with van der Waals surface area (Å²) in [6.45, 7) is 0. The van der Waals surface area contributed by atoms with Crippen LogP contribution in [0.4, 0.5) is 0 Å². The molecule has 0 saturated heterocycles. The van der Waals surface area contributed by atoms with Crippen LogP contribution in [0.3, 0.4) is 0 Å². The molecule has 0 aromatic heterocycles. The van der Waals surface area contributed by atoms with E-state index in [0.717, 1.165) is 5.56 Å². The van der Waals surface area contributed by atoms with Crippen LogP contribution in [0.25, 0.3) is 0 Å². The number of methoxy groups -OCH3 is 1. The van der Waals surface area contributed by atoms with Crippen LogP contribution in [0.1, 0.15) is 5.56 Å². The number of rotatable bonds is 4. The average Bonchev–Trinajstić information content (AvgIpc) is 2.19. The lowest BCUT2D eigenvalue weighted by Gasteiger charge is -2.19. The van der Waals surface area contributed by atoms with Gasteiger partial charge in [-0.3, -0.25) is 4.79 Å². The first-order valence-electron chi connectivity index (χ1n) is 3.98. The molecule has 1 aromatic rings. The summed E-state index contributed by atoms with van der Waals surface area (Å²) in [4.78, 5) is 10.5. The second-order valence-corrected chi connectivity index (χ2v) is 2.83. The molecule has 1 aromatic carbocycles. The van der Waals surface area contributed by atoms with Gasteiger partial charge in [0.15, 0.2) is 6.29 Å². The number of ether oxygens (including phenoxy) is 1. The standard InChI is InChI=1S/C10H12O3/c1-13-10(12,8-11)7-9-5-3-2-4-6-9/h2-6,8,12H,7H2,1H3. The van der Waals surface area contributed by atoms with Crippen molar-refractivity contribution in [1.29, 1.82) is 0 Å². The molecule has 3 nitrogen and oxygen atoms in total. The van der Waals surface area contributed by atoms with Crippen LogP contribution >= 0.6 is 0 Å². The predicted octanol–water partition coefficient (Wildman–Crippen LogP) is 0.763. The Hall–Kier alpha value is -1.19. The number of benzene rings is 1. The van der Waals surface area contributed by atoms with Crippen LogP contribution in [-0.2, 0) is 16.0 Å². The summed E-state index contributed by atoms with van der Waals surface area (Å²) in [5, 5.41) is 9.49. The van der Waals surface area contributed by atoms with Gasteiger partial charge in [0.05, 0.1) is 0 Å². The van der Waals surface area contributed by atoms with Crippen molar-refractivity contribution >= 4 is 6.29 Å². The second-order valence-electron chi connectivity index (χ2n) is 2.83. The Balaban J connectivity index is 2.73. The van der Waals surface area contributed by atoms with Gasteiger partial charge < -0.3 is 9.84 Å². The van der Waals surface area contributed by atoms with E-state index >= 15 is 0 Å². The van der Waals surface area contributed by atoms with E-state index in [2.05, 4.69) is 4.74 Å². The molecule has 0 amide bonds. The average molecular weight is 180 g/mol. The van der Waals surface area contributed by atoms with Crippen molar-refractivity contribution in [1.82, 2.24) is 0 Å². The topological polar surface area (TPSA) is 46.5 Å². The molecule has 0 saturated carbocycles. The quantitative estimate of drug-likeness (QED) is 0.549. The molecule has 1 atom stereocenters. The number of aldehydes is 1. The van der Waals surface area contributed by atoms with E-state index in [0.29, 0.717) is 6.29 Å². The van der Waals surface area contributed by atoms with Gasteiger partial charge in [-0.1, -0.05) is 30.3 Å². The van der Waals surface area contributed by atoms with Crippen LogP contribution in [0, 0.1) is 0 Å².